The summed E-state index contributed by atoms with van der Waals surface area (Å²) in [7, 11) is 0. The van der Waals surface area contributed by atoms with Crippen molar-refractivity contribution in [3.05, 3.63) is 29.8 Å². The lowest BCUT2D eigenvalue weighted by Crippen LogP contribution is -2.53. The summed E-state index contributed by atoms with van der Waals surface area (Å²) >= 11 is 0. The molecule has 1 saturated heterocycles. The molecule has 2 N–H and O–H groups in total. The van der Waals surface area contributed by atoms with Crippen LogP contribution < -0.4 is 10.5 Å². The predicted octanol–water partition coefficient (Wildman–Crippen LogP) is 2.92. The Hall–Kier alpha value is -1.55. The molecule has 1 aliphatic heterocycles. The number of benzene rings is 1. The van der Waals surface area contributed by atoms with Gasteiger partial charge in [-0.3, -0.25) is 4.79 Å². The average Bonchev–Trinajstić information content (AvgIpc) is 2.47. The topological polar surface area (TPSA) is 55.6 Å². The van der Waals surface area contributed by atoms with E-state index in [4.69, 9.17) is 10.5 Å². The number of carbonyl (C=O) groups is 1. The third-order valence-corrected chi connectivity index (χ3v) is 4.26. The van der Waals surface area contributed by atoms with E-state index in [9.17, 15) is 4.79 Å². The summed E-state index contributed by atoms with van der Waals surface area (Å²) < 4.78 is 5.71. The van der Waals surface area contributed by atoms with Gasteiger partial charge in [0.15, 0.2) is 0 Å². The van der Waals surface area contributed by atoms with Crippen LogP contribution in [0.3, 0.4) is 0 Å². The molecule has 1 aromatic rings. The van der Waals surface area contributed by atoms with Crippen molar-refractivity contribution >= 4 is 5.91 Å². The highest BCUT2D eigenvalue weighted by Gasteiger charge is 2.35. The Morgan fingerprint density at radius 2 is 2.18 bits per heavy atom. The Morgan fingerprint density at radius 3 is 2.82 bits per heavy atom. The summed E-state index contributed by atoms with van der Waals surface area (Å²) in [6, 6.07) is 7.62. The SMILES string of the molecule is CC(C)COc1cccc(C(=O)N2CCC(N)C(C)(C)C2)c1. The van der Waals surface area contributed by atoms with E-state index in [0.717, 1.165) is 18.7 Å². The number of ether oxygens (including phenoxy) is 1. The van der Waals surface area contributed by atoms with Gasteiger partial charge in [-0.05, 0) is 36.0 Å². The number of nitrogens with two attached hydrogens (primary N) is 1. The van der Waals surface area contributed by atoms with Gasteiger partial charge >= 0.3 is 0 Å². The third kappa shape index (κ3) is 4.01. The molecule has 1 aliphatic rings. The van der Waals surface area contributed by atoms with Crippen LogP contribution in [0.2, 0.25) is 0 Å². The van der Waals surface area contributed by atoms with Gasteiger partial charge in [-0.2, -0.15) is 0 Å². The minimum Gasteiger partial charge on any atom is -0.493 e. The minimum absolute atomic E-state index is 0.0420. The molecule has 1 heterocycles. The second-order valence-corrected chi connectivity index (χ2v) is 7.34. The van der Waals surface area contributed by atoms with Gasteiger partial charge in [-0.1, -0.05) is 33.8 Å². The molecule has 1 fully saturated rings. The van der Waals surface area contributed by atoms with Crippen LogP contribution in [-0.2, 0) is 0 Å². The van der Waals surface area contributed by atoms with Gasteiger partial charge in [0.1, 0.15) is 5.75 Å². The molecule has 4 heteroatoms. The number of piperidine rings is 1. The van der Waals surface area contributed by atoms with Gasteiger partial charge in [-0.25, -0.2) is 0 Å². The van der Waals surface area contributed by atoms with E-state index < -0.39 is 0 Å². The summed E-state index contributed by atoms with van der Waals surface area (Å²) in [4.78, 5) is 14.6. The highest BCUT2D eigenvalue weighted by atomic mass is 16.5. The second-order valence-electron chi connectivity index (χ2n) is 7.34. The standard InChI is InChI=1S/C18H28N2O2/c1-13(2)11-22-15-7-5-6-14(10-15)17(21)20-9-8-16(19)18(3,4)12-20/h5-7,10,13,16H,8-9,11-12,19H2,1-4H3. The van der Waals surface area contributed by atoms with Gasteiger partial charge in [0.2, 0.25) is 0 Å². The van der Waals surface area contributed by atoms with E-state index in [1.807, 2.05) is 29.2 Å². The van der Waals surface area contributed by atoms with E-state index in [1.165, 1.54) is 0 Å². The third-order valence-electron chi connectivity index (χ3n) is 4.26. The van der Waals surface area contributed by atoms with Crippen LogP contribution in [0.4, 0.5) is 0 Å². The van der Waals surface area contributed by atoms with Crippen molar-refractivity contribution in [1.82, 2.24) is 4.90 Å². The number of amides is 1. The first-order chi connectivity index (χ1) is 10.3. The molecule has 0 saturated carbocycles. The van der Waals surface area contributed by atoms with Crippen molar-refractivity contribution in [2.45, 2.75) is 40.2 Å². The molecule has 0 radical (unpaired) electrons. The number of rotatable bonds is 4. The summed E-state index contributed by atoms with van der Waals surface area (Å²) in [6.07, 6.45) is 0.849. The molecule has 1 amide bonds. The summed E-state index contributed by atoms with van der Waals surface area (Å²) in [5.74, 6) is 1.28. The Morgan fingerprint density at radius 1 is 1.45 bits per heavy atom. The zero-order valence-corrected chi connectivity index (χ0v) is 14.1. The highest BCUT2D eigenvalue weighted by molar-refractivity contribution is 5.94. The lowest BCUT2D eigenvalue weighted by molar-refractivity contribution is 0.0532. The van der Waals surface area contributed by atoms with Gasteiger partial charge in [0.25, 0.3) is 5.91 Å². The molecule has 0 spiro atoms. The molecule has 1 atom stereocenters. The molecule has 1 aromatic carbocycles. The average molecular weight is 304 g/mol. The van der Waals surface area contributed by atoms with Gasteiger partial charge in [-0.15, -0.1) is 0 Å². The number of carbonyl (C=O) groups excluding carboxylic acids is 1. The number of likely N-dealkylation sites (tertiary alicyclic amines) is 1. The first kappa shape index (κ1) is 16.8. The van der Waals surface area contributed by atoms with Crippen LogP contribution in [0.1, 0.15) is 44.5 Å². The normalized spacial score (nSPS) is 21.0. The maximum Gasteiger partial charge on any atom is 0.254 e. The van der Waals surface area contributed by atoms with E-state index in [1.54, 1.807) is 0 Å². The van der Waals surface area contributed by atoms with Crippen molar-refractivity contribution in [1.29, 1.82) is 0 Å². The molecule has 122 valence electrons. The van der Waals surface area contributed by atoms with Crippen molar-refractivity contribution < 1.29 is 9.53 Å². The van der Waals surface area contributed by atoms with Crippen molar-refractivity contribution in [2.75, 3.05) is 19.7 Å². The fourth-order valence-electron chi connectivity index (χ4n) is 2.71. The molecule has 1 unspecified atom stereocenters. The maximum absolute atomic E-state index is 12.7. The van der Waals surface area contributed by atoms with E-state index >= 15 is 0 Å². The van der Waals surface area contributed by atoms with Gasteiger partial charge in [0, 0.05) is 24.7 Å². The van der Waals surface area contributed by atoms with Gasteiger partial charge < -0.3 is 15.4 Å². The van der Waals surface area contributed by atoms with Crippen LogP contribution in [0.15, 0.2) is 24.3 Å². The molecule has 0 aromatic heterocycles. The predicted molar refractivity (Wildman–Crippen MR) is 89.1 cm³/mol. The molecular formula is C18H28N2O2. The zero-order chi connectivity index (χ0) is 16.3. The Labute approximate surface area is 133 Å². The maximum atomic E-state index is 12.7. The molecule has 0 aliphatic carbocycles. The molecule has 2 rings (SSSR count). The Kier molecular flexibility index (Phi) is 5.12. The first-order valence-electron chi connectivity index (χ1n) is 8.07. The van der Waals surface area contributed by atoms with Crippen LogP contribution in [-0.4, -0.2) is 36.5 Å². The number of nitrogens with zero attached hydrogens (tertiary/aromatic N) is 1. The molecule has 22 heavy (non-hydrogen) atoms. The fraction of sp³-hybridized carbons (Fsp3) is 0.611. The quantitative estimate of drug-likeness (QED) is 0.930. The Balaban J connectivity index is 2.08. The zero-order valence-electron chi connectivity index (χ0n) is 14.1. The second kappa shape index (κ2) is 6.69. The van der Waals surface area contributed by atoms with Crippen molar-refractivity contribution in [2.24, 2.45) is 17.1 Å². The summed E-state index contributed by atoms with van der Waals surface area (Å²) in [5, 5.41) is 0. The summed E-state index contributed by atoms with van der Waals surface area (Å²) in [5.41, 5.74) is 6.79. The number of hydrogen-bond acceptors (Lipinski definition) is 3. The van der Waals surface area contributed by atoms with Crippen LogP contribution in [0.5, 0.6) is 5.75 Å². The lowest BCUT2D eigenvalue weighted by atomic mass is 9.79. The van der Waals surface area contributed by atoms with E-state index in [-0.39, 0.29) is 17.4 Å². The number of hydrogen-bond donors (Lipinski definition) is 1. The van der Waals surface area contributed by atoms with Crippen LogP contribution in [0, 0.1) is 11.3 Å². The van der Waals surface area contributed by atoms with Gasteiger partial charge in [0.05, 0.1) is 6.61 Å². The largest absolute Gasteiger partial charge is 0.493 e. The monoisotopic (exact) mass is 304 g/mol. The smallest absolute Gasteiger partial charge is 0.254 e. The first-order valence-corrected chi connectivity index (χ1v) is 8.07. The van der Waals surface area contributed by atoms with E-state index in [0.29, 0.717) is 24.6 Å². The molecule has 0 bridgehead atoms. The van der Waals surface area contributed by atoms with Crippen LogP contribution >= 0.6 is 0 Å². The minimum atomic E-state index is -0.0420. The van der Waals surface area contributed by atoms with Crippen LogP contribution in [0.25, 0.3) is 0 Å². The van der Waals surface area contributed by atoms with Crippen molar-refractivity contribution in [3.8, 4) is 5.75 Å². The lowest BCUT2D eigenvalue weighted by Gasteiger charge is -2.42. The molecule has 4 nitrogen and oxygen atoms in total. The fourth-order valence-corrected chi connectivity index (χ4v) is 2.71. The Bertz CT molecular complexity index is 526. The van der Waals surface area contributed by atoms with E-state index in [2.05, 4.69) is 27.7 Å². The molecular weight excluding hydrogens is 276 g/mol. The summed E-state index contributed by atoms with van der Waals surface area (Å²) in [6.45, 7) is 10.5. The van der Waals surface area contributed by atoms with Crippen molar-refractivity contribution in [3.63, 3.8) is 0 Å². The highest BCUT2D eigenvalue weighted by Crippen LogP contribution is 2.29.